The highest BCUT2D eigenvalue weighted by Gasteiger charge is 2.31. The van der Waals surface area contributed by atoms with Crippen molar-refractivity contribution in [3.05, 3.63) is 47.2 Å². The van der Waals surface area contributed by atoms with Crippen LogP contribution in [0.15, 0.2) is 41.6 Å². The molecule has 102 valence electrons. The summed E-state index contributed by atoms with van der Waals surface area (Å²) in [5.41, 5.74) is 11.1. The highest BCUT2D eigenvalue weighted by atomic mass is 16.3. The summed E-state index contributed by atoms with van der Waals surface area (Å²) in [5.74, 6) is -2.62. The molecule has 0 aliphatic rings. The molecule has 1 amide bonds. The van der Waals surface area contributed by atoms with Gasteiger partial charge in [-0.25, -0.2) is 0 Å². The van der Waals surface area contributed by atoms with Crippen LogP contribution in [-0.4, -0.2) is 17.6 Å². The van der Waals surface area contributed by atoms with Gasteiger partial charge in [-0.05, 0) is 5.56 Å². The molecule has 6 nitrogen and oxygen atoms in total. The van der Waals surface area contributed by atoms with E-state index >= 15 is 0 Å². The molecule has 6 heteroatoms. The molecule has 1 aromatic carbocycles. The maximum atomic E-state index is 11.6. The van der Waals surface area contributed by atoms with Crippen molar-refractivity contribution in [3.8, 4) is 12.1 Å². The molecule has 0 fully saturated rings. The van der Waals surface area contributed by atoms with Crippen LogP contribution in [0.1, 0.15) is 11.5 Å². The molecule has 20 heavy (non-hydrogen) atoms. The quantitative estimate of drug-likeness (QED) is 0.653. The summed E-state index contributed by atoms with van der Waals surface area (Å²) in [6.07, 6.45) is 0. The Morgan fingerprint density at radius 3 is 2.15 bits per heavy atom. The molecule has 0 heterocycles. The van der Waals surface area contributed by atoms with E-state index in [1.54, 1.807) is 42.5 Å². The van der Waals surface area contributed by atoms with Crippen LogP contribution in [0, 0.1) is 28.6 Å². The van der Waals surface area contributed by atoms with E-state index in [1.165, 1.54) is 0 Å². The van der Waals surface area contributed by atoms with Crippen molar-refractivity contribution in [2.24, 2.45) is 17.4 Å². The minimum Gasteiger partial charge on any atom is -0.400 e. The van der Waals surface area contributed by atoms with Crippen LogP contribution in [0.5, 0.6) is 0 Å². The van der Waals surface area contributed by atoms with Crippen LogP contribution in [0.2, 0.25) is 0 Å². The van der Waals surface area contributed by atoms with E-state index < -0.39 is 17.7 Å². The van der Waals surface area contributed by atoms with Crippen molar-refractivity contribution < 1.29 is 9.90 Å². The molecule has 0 saturated heterocycles. The van der Waals surface area contributed by atoms with Gasteiger partial charge in [0.05, 0.1) is 18.2 Å². The van der Waals surface area contributed by atoms with Crippen LogP contribution in [0.3, 0.4) is 0 Å². The lowest BCUT2D eigenvalue weighted by Gasteiger charge is -2.23. The summed E-state index contributed by atoms with van der Waals surface area (Å²) < 4.78 is 0. The first-order chi connectivity index (χ1) is 9.56. The van der Waals surface area contributed by atoms with Gasteiger partial charge in [0.15, 0.2) is 0 Å². The predicted octanol–water partition coefficient (Wildman–Crippen LogP) is 0.124. The fraction of sp³-hybridized carbons (Fsp3) is 0.214. The van der Waals surface area contributed by atoms with E-state index in [2.05, 4.69) is 0 Å². The van der Waals surface area contributed by atoms with Gasteiger partial charge in [-0.2, -0.15) is 10.5 Å². The summed E-state index contributed by atoms with van der Waals surface area (Å²) in [6, 6.07) is 11.9. The van der Waals surface area contributed by atoms with Gasteiger partial charge in [0.1, 0.15) is 17.7 Å². The van der Waals surface area contributed by atoms with Gasteiger partial charge in [-0.1, -0.05) is 30.3 Å². The molecular weight excluding hydrogens is 256 g/mol. The van der Waals surface area contributed by atoms with Crippen LogP contribution < -0.4 is 11.5 Å². The number of hydrogen-bond donors (Lipinski definition) is 3. The summed E-state index contributed by atoms with van der Waals surface area (Å²) in [5, 5.41) is 27.2. The number of amides is 1. The summed E-state index contributed by atoms with van der Waals surface area (Å²) in [6.45, 7) is -0.386. The van der Waals surface area contributed by atoms with Gasteiger partial charge in [-0.3, -0.25) is 4.79 Å². The molecule has 0 saturated carbocycles. The lowest BCUT2D eigenvalue weighted by molar-refractivity contribution is -0.121. The second kappa shape index (κ2) is 6.93. The average Bonchev–Trinajstić information content (AvgIpc) is 2.46. The number of hydrogen-bond acceptors (Lipinski definition) is 5. The first-order valence-electron chi connectivity index (χ1n) is 5.81. The summed E-state index contributed by atoms with van der Waals surface area (Å²) in [7, 11) is 0. The van der Waals surface area contributed by atoms with Crippen molar-refractivity contribution in [1.82, 2.24) is 0 Å². The topological polar surface area (TPSA) is 137 Å². The normalized spacial score (nSPS) is 12.6. The fourth-order valence-electron chi connectivity index (χ4n) is 1.98. The molecule has 0 aliphatic heterocycles. The Morgan fingerprint density at radius 1 is 1.20 bits per heavy atom. The summed E-state index contributed by atoms with van der Waals surface area (Å²) in [4.78, 5) is 11.6. The lowest BCUT2D eigenvalue weighted by atomic mass is 9.82. The van der Waals surface area contributed by atoms with Crippen LogP contribution >= 0.6 is 0 Å². The van der Waals surface area contributed by atoms with E-state index in [-0.39, 0.29) is 17.9 Å². The zero-order valence-electron chi connectivity index (χ0n) is 10.7. The number of aliphatic hydroxyl groups is 1. The molecule has 0 aromatic heterocycles. The Kier molecular flexibility index (Phi) is 5.28. The molecule has 1 rings (SSSR count). The minimum atomic E-state index is -1.11. The summed E-state index contributed by atoms with van der Waals surface area (Å²) >= 11 is 0. The molecule has 5 N–H and O–H groups in total. The molecule has 0 spiro atoms. The first kappa shape index (κ1) is 15.2. The zero-order valence-corrected chi connectivity index (χ0v) is 10.7. The zero-order chi connectivity index (χ0) is 15.1. The maximum absolute atomic E-state index is 11.6. The molecule has 0 aliphatic carbocycles. The highest BCUT2D eigenvalue weighted by molar-refractivity contribution is 5.81. The Morgan fingerprint density at radius 2 is 1.75 bits per heavy atom. The third-order valence-electron chi connectivity index (χ3n) is 2.98. The standard InChI is InChI=1S/C14H14N4O2/c15-6-10(7-16)13(17)12(14(18)20)11(8-19)9-4-2-1-3-5-9/h1-5,11-12,19H,8,17H2,(H2,18,20). The van der Waals surface area contributed by atoms with Gasteiger partial charge in [0, 0.05) is 5.92 Å². The number of primary amides is 1. The molecule has 0 bridgehead atoms. The maximum Gasteiger partial charge on any atom is 0.227 e. The molecule has 0 radical (unpaired) electrons. The monoisotopic (exact) mass is 270 g/mol. The molecular formula is C14H14N4O2. The molecule has 1 aromatic rings. The van der Waals surface area contributed by atoms with Gasteiger partial charge >= 0.3 is 0 Å². The Labute approximate surface area is 116 Å². The SMILES string of the molecule is N#CC(C#N)=C(N)C(C(N)=O)C(CO)c1ccccc1. The van der Waals surface area contributed by atoms with E-state index in [0.29, 0.717) is 5.56 Å². The Balaban J connectivity index is 3.34. The van der Waals surface area contributed by atoms with Gasteiger partial charge < -0.3 is 16.6 Å². The third-order valence-corrected chi connectivity index (χ3v) is 2.98. The molecule has 2 atom stereocenters. The second-order valence-corrected chi connectivity index (χ2v) is 4.13. The number of carbonyl (C=O) groups is 1. The number of nitrogens with zero attached hydrogens (tertiary/aromatic N) is 2. The Hall–Kier alpha value is -2.83. The van der Waals surface area contributed by atoms with Crippen LogP contribution in [0.25, 0.3) is 0 Å². The number of nitrogens with two attached hydrogens (primary N) is 2. The van der Waals surface area contributed by atoms with E-state index in [4.69, 9.17) is 22.0 Å². The van der Waals surface area contributed by atoms with Crippen LogP contribution in [-0.2, 0) is 4.79 Å². The number of aliphatic hydroxyl groups excluding tert-OH is 1. The van der Waals surface area contributed by atoms with E-state index in [9.17, 15) is 9.90 Å². The van der Waals surface area contributed by atoms with Crippen molar-refractivity contribution in [2.45, 2.75) is 5.92 Å². The number of carbonyl (C=O) groups excluding carboxylic acids is 1. The number of rotatable bonds is 5. The lowest BCUT2D eigenvalue weighted by Crippen LogP contribution is -2.35. The largest absolute Gasteiger partial charge is 0.400 e. The van der Waals surface area contributed by atoms with Crippen molar-refractivity contribution in [2.75, 3.05) is 6.61 Å². The smallest absolute Gasteiger partial charge is 0.227 e. The van der Waals surface area contributed by atoms with Crippen molar-refractivity contribution in [3.63, 3.8) is 0 Å². The fourth-order valence-corrected chi connectivity index (χ4v) is 1.98. The van der Waals surface area contributed by atoms with Gasteiger partial charge in [-0.15, -0.1) is 0 Å². The first-order valence-corrected chi connectivity index (χ1v) is 5.81. The van der Waals surface area contributed by atoms with Crippen molar-refractivity contribution >= 4 is 5.91 Å². The van der Waals surface area contributed by atoms with E-state index in [0.717, 1.165) is 0 Å². The number of allylic oxidation sites excluding steroid dienone is 1. The second-order valence-electron chi connectivity index (χ2n) is 4.13. The van der Waals surface area contributed by atoms with Crippen molar-refractivity contribution in [1.29, 1.82) is 10.5 Å². The average molecular weight is 270 g/mol. The Bertz CT molecular complexity index is 580. The minimum absolute atomic E-state index is 0.217. The number of nitriles is 2. The highest BCUT2D eigenvalue weighted by Crippen LogP contribution is 2.29. The van der Waals surface area contributed by atoms with Gasteiger partial charge in [0.25, 0.3) is 0 Å². The third kappa shape index (κ3) is 3.14. The number of benzene rings is 1. The van der Waals surface area contributed by atoms with Gasteiger partial charge in [0.2, 0.25) is 5.91 Å². The van der Waals surface area contributed by atoms with Crippen LogP contribution in [0.4, 0.5) is 0 Å². The molecule has 2 unspecified atom stereocenters. The predicted molar refractivity (Wildman–Crippen MR) is 71.4 cm³/mol. The van der Waals surface area contributed by atoms with E-state index in [1.807, 2.05) is 0 Å².